The number of phosphoric acid groups is 1. The molecule has 0 aliphatic carbocycles. The lowest BCUT2D eigenvalue weighted by molar-refractivity contribution is -0.870. The highest BCUT2D eigenvalue weighted by Crippen LogP contribution is 2.38. The molecule has 3 unspecified atom stereocenters. The van der Waals surface area contributed by atoms with Crippen LogP contribution in [0.2, 0.25) is 0 Å². The first kappa shape index (κ1) is 65.4. The van der Waals surface area contributed by atoms with E-state index >= 15 is 0 Å². The Hall–Kier alpha value is -2.58. The van der Waals surface area contributed by atoms with Gasteiger partial charge < -0.3 is 28.8 Å². The van der Waals surface area contributed by atoms with Gasteiger partial charge in [-0.25, -0.2) is 0 Å². The number of allylic oxidation sites excluding steroid dienone is 15. The second-order valence-electron chi connectivity index (χ2n) is 19.5. The summed E-state index contributed by atoms with van der Waals surface area (Å²) >= 11 is 0. The maximum atomic E-state index is 12.9. The fraction of sp³-hybridized carbons (Fsp3) is 0.712. The van der Waals surface area contributed by atoms with Crippen LogP contribution in [0.15, 0.2) is 97.2 Å². The molecule has 0 saturated heterocycles. The van der Waals surface area contributed by atoms with Crippen molar-refractivity contribution in [3.8, 4) is 0 Å². The maximum Gasteiger partial charge on any atom is 0.268 e. The monoisotopic (exact) mass is 969 g/mol. The Morgan fingerprint density at radius 2 is 0.912 bits per heavy atom. The SMILES string of the molecule is CC/C=C\C/C=C\C/C=C\C/C=C\C/C=C\CCCCCCCCCCCCCCCCCCCCCC(=O)NC(COP(=O)([O-])OCC[N+](C)(C)C)C(O)/C=C/CC/C=C/CC/C=C/CCC. The summed E-state index contributed by atoms with van der Waals surface area (Å²) in [5.74, 6) is -0.215. The number of carbonyl (C=O) groups excluding carboxylic acids is 1. The largest absolute Gasteiger partial charge is 0.756 e. The van der Waals surface area contributed by atoms with E-state index in [1.165, 1.54) is 116 Å². The third-order valence-corrected chi connectivity index (χ3v) is 12.7. The molecule has 0 fully saturated rings. The van der Waals surface area contributed by atoms with Gasteiger partial charge in [-0.15, -0.1) is 0 Å². The minimum Gasteiger partial charge on any atom is -0.756 e. The number of nitrogens with zero attached hydrogens (tertiary/aromatic N) is 1. The van der Waals surface area contributed by atoms with E-state index in [1.54, 1.807) is 6.08 Å². The third-order valence-electron chi connectivity index (χ3n) is 11.7. The molecular formula is C59H105N2O6P. The normalized spacial score (nSPS) is 14.8. The molecule has 0 aromatic heterocycles. The standard InChI is InChI=1S/C59H105N2O6P/c1-6-8-10-12-14-16-18-19-20-21-22-23-24-25-26-27-28-29-30-31-32-33-34-35-36-37-38-39-40-41-43-45-47-49-51-53-59(63)60-57(56-67-68(64,65)66-55-54-61(3,4)5)58(62)52-50-48-46-44-42-17-15-13-11-9-7-2/h8,10-11,13-14,16,19-20,22-23,25-26,42,44,50,52,57-58,62H,6-7,9,12,15,17-18,21,24,27-41,43,45-49,51,53-56H2,1-5H3,(H-,60,63,64,65)/b10-8-,13-11+,16-14-,20-19-,23-22-,26-25-,44-42+,52-50+. The Bertz CT molecular complexity index is 1420. The van der Waals surface area contributed by atoms with Gasteiger partial charge in [0, 0.05) is 6.42 Å². The Morgan fingerprint density at radius 3 is 1.35 bits per heavy atom. The molecule has 0 rings (SSSR count). The van der Waals surface area contributed by atoms with Crippen molar-refractivity contribution >= 4 is 13.7 Å². The quantitative estimate of drug-likeness (QED) is 0.0272. The van der Waals surface area contributed by atoms with Gasteiger partial charge in [-0.3, -0.25) is 9.36 Å². The first-order chi connectivity index (χ1) is 33.0. The number of likely N-dealkylation sites (N-methyl/N-ethyl adjacent to an activating group) is 1. The first-order valence-electron chi connectivity index (χ1n) is 27.6. The maximum absolute atomic E-state index is 12.9. The number of aliphatic hydroxyl groups excluding tert-OH is 1. The highest BCUT2D eigenvalue weighted by molar-refractivity contribution is 7.45. The van der Waals surface area contributed by atoms with Crippen LogP contribution in [0.1, 0.15) is 219 Å². The fourth-order valence-electron chi connectivity index (χ4n) is 7.45. The highest BCUT2D eigenvalue weighted by Gasteiger charge is 2.23. The Morgan fingerprint density at radius 1 is 0.529 bits per heavy atom. The van der Waals surface area contributed by atoms with Crippen LogP contribution >= 0.6 is 7.82 Å². The summed E-state index contributed by atoms with van der Waals surface area (Å²) in [5, 5.41) is 13.8. The minimum atomic E-state index is -4.60. The molecule has 9 heteroatoms. The van der Waals surface area contributed by atoms with E-state index in [0.717, 1.165) is 83.5 Å². The van der Waals surface area contributed by atoms with Crippen molar-refractivity contribution in [2.45, 2.75) is 231 Å². The van der Waals surface area contributed by atoms with Crippen molar-refractivity contribution in [3.05, 3.63) is 97.2 Å². The lowest BCUT2D eigenvalue weighted by atomic mass is 10.0. The van der Waals surface area contributed by atoms with Crippen LogP contribution in [-0.2, 0) is 18.4 Å². The zero-order chi connectivity index (χ0) is 49.9. The molecule has 0 aliphatic heterocycles. The van der Waals surface area contributed by atoms with Gasteiger partial charge in [0.15, 0.2) is 0 Å². The van der Waals surface area contributed by atoms with Gasteiger partial charge in [-0.1, -0.05) is 227 Å². The minimum absolute atomic E-state index is 0.0118. The Balaban J connectivity index is 4.00. The van der Waals surface area contributed by atoms with Gasteiger partial charge in [0.05, 0.1) is 39.9 Å². The molecule has 0 bridgehead atoms. The third kappa shape index (κ3) is 51.3. The number of amides is 1. The molecule has 68 heavy (non-hydrogen) atoms. The van der Waals surface area contributed by atoms with Gasteiger partial charge in [-0.05, 0) is 83.5 Å². The first-order valence-corrected chi connectivity index (χ1v) is 29.1. The van der Waals surface area contributed by atoms with Crippen molar-refractivity contribution in [3.63, 3.8) is 0 Å². The number of nitrogens with one attached hydrogen (secondary N) is 1. The van der Waals surface area contributed by atoms with Crippen LogP contribution in [0.4, 0.5) is 0 Å². The number of carbonyl (C=O) groups is 1. The van der Waals surface area contributed by atoms with Gasteiger partial charge in [0.1, 0.15) is 13.2 Å². The van der Waals surface area contributed by atoms with Gasteiger partial charge in [0.2, 0.25) is 5.91 Å². The van der Waals surface area contributed by atoms with Gasteiger partial charge >= 0.3 is 0 Å². The predicted molar refractivity (Wildman–Crippen MR) is 293 cm³/mol. The number of unbranched alkanes of at least 4 members (excludes halogenated alkanes) is 22. The van der Waals surface area contributed by atoms with Crippen LogP contribution < -0.4 is 10.2 Å². The predicted octanol–water partition coefficient (Wildman–Crippen LogP) is 16.0. The summed E-state index contributed by atoms with van der Waals surface area (Å²) in [4.78, 5) is 25.4. The van der Waals surface area contributed by atoms with E-state index < -0.39 is 26.6 Å². The summed E-state index contributed by atoms with van der Waals surface area (Å²) in [6, 6.07) is -0.911. The molecule has 1 amide bonds. The van der Waals surface area contributed by atoms with Gasteiger partial charge in [-0.2, -0.15) is 0 Å². The second-order valence-corrected chi connectivity index (χ2v) is 20.9. The molecule has 0 aliphatic rings. The number of rotatable bonds is 49. The molecule has 0 saturated carbocycles. The molecule has 2 N–H and O–H groups in total. The smallest absolute Gasteiger partial charge is 0.268 e. The van der Waals surface area contributed by atoms with E-state index in [9.17, 15) is 19.4 Å². The van der Waals surface area contributed by atoms with Crippen molar-refractivity contribution in [1.82, 2.24) is 5.32 Å². The number of phosphoric ester groups is 1. The summed E-state index contributed by atoms with van der Waals surface area (Å²) in [6.45, 7) is 4.42. The van der Waals surface area contributed by atoms with E-state index in [-0.39, 0.29) is 12.5 Å². The second kappa shape index (κ2) is 49.4. The summed E-state index contributed by atoms with van der Waals surface area (Å²) in [5.41, 5.74) is 0. The molecule has 0 spiro atoms. The van der Waals surface area contributed by atoms with E-state index in [4.69, 9.17) is 9.05 Å². The number of aliphatic hydroxyl groups is 1. The van der Waals surface area contributed by atoms with Crippen molar-refractivity contribution in [2.75, 3.05) is 40.9 Å². The van der Waals surface area contributed by atoms with Crippen molar-refractivity contribution in [1.29, 1.82) is 0 Å². The summed E-state index contributed by atoms with van der Waals surface area (Å²) in [7, 11) is 1.23. The summed E-state index contributed by atoms with van der Waals surface area (Å²) < 4.78 is 23.2. The fourth-order valence-corrected chi connectivity index (χ4v) is 8.18. The molecule has 0 aromatic carbocycles. The molecule has 392 valence electrons. The average Bonchev–Trinajstić information content (AvgIpc) is 3.30. The van der Waals surface area contributed by atoms with E-state index in [1.807, 2.05) is 27.2 Å². The number of quaternary nitrogens is 1. The zero-order valence-electron chi connectivity index (χ0n) is 44.5. The van der Waals surface area contributed by atoms with Gasteiger partial charge in [0.25, 0.3) is 7.82 Å². The lowest BCUT2D eigenvalue weighted by Gasteiger charge is -2.29. The highest BCUT2D eigenvalue weighted by atomic mass is 31.2. The molecular weight excluding hydrogens is 864 g/mol. The summed E-state index contributed by atoms with van der Waals surface area (Å²) in [6.07, 6.45) is 70.8. The van der Waals surface area contributed by atoms with Crippen LogP contribution in [0.3, 0.4) is 0 Å². The molecule has 0 aromatic rings. The van der Waals surface area contributed by atoms with E-state index in [2.05, 4.69) is 104 Å². The lowest BCUT2D eigenvalue weighted by Crippen LogP contribution is -2.45. The van der Waals surface area contributed by atoms with Crippen molar-refractivity contribution < 1.29 is 32.9 Å². The van der Waals surface area contributed by atoms with Crippen LogP contribution in [0.5, 0.6) is 0 Å². The molecule has 0 radical (unpaired) electrons. The Labute approximate surface area is 419 Å². The van der Waals surface area contributed by atoms with Crippen LogP contribution in [0, 0.1) is 0 Å². The molecule has 3 atom stereocenters. The molecule has 0 heterocycles. The zero-order valence-corrected chi connectivity index (χ0v) is 45.4. The topological polar surface area (TPSA) is 108 Å². The van der Waals surface area contributed by atoms with Crippen molar-refractivity contribution in [2.24, 2.45) is 0 Å². The number of hydrogen-bond acceptors (Lipinski definition) is 6. The molecule has 8 nitrogen and oxygen atoms in total. The number of hydrogen-bond donors (Lipinski definition) is 2. The average molecular weight is 969 g/mol. The van der Waals surface area contributed by atoms with Crippen LogP contribution in [-0.4, -0.2) is 68.5 Å². The van der Waals surface area contributed by atoms with E-state index in [0.29, 0.717) is 17.4 Å². The Kier molecular flexibility index (Phi) is 47.5. The van der Waals surface area contributed by atoms with Crippen LogP contribution in [0.25, 0.3) is 0 Å².